The van der Waals surface area contributed by atoms with Crippen molar-refractivity contribution >= 4 is 11.6 Å². The molecule has 0 amide bonds. The van der Waals surface area contributed by atoms with E-state index in [1.54, 1.807) is 20.1 Å². The lowest BCUT2D eigenvalue weighted by Crippen LogP contribution is -2.13. The minimum Gasteiger partial charge on any atom is -0.504 e. The number of unbranched alkanes of at least 4 members (excludes halogenated alkanes) is 1. The number of carbonyl (C=O) groups excluding carboxylic acids is 2. The van der Waals surface area contributed by atoms with E-state index in [0.29, 0.717) is 44.5 Å². The van der Waals surface area contributed by atoms with Crippen LogP contribution in [0, 0.1) is 0 Å². The maximum atomic E-state index is 12.2. The van der Waals surface area contributed by atoms with E-state index in [0.717, 1.165) is 49.7 Å². The highest BCUT2D eigenvalue weighted by molar-refractivity contribution is 5.89. The Bertz CT molecular complexity index is 762. The van der Waals surface area contributed by atoms with Crippen molar-refractivity contribution in [2.24, 2.45) is 0 Å². The molecule has 1 unspecified atom stereocenters. The third kappa shape index (κ3) is 8.78. The summed E-state index contributed by atoms with van der Waals surface area (Å²) in [6.07, 6.45) is 12.8. The second kappa shape index (κ2) is 14.1. The monoisotopic (exact) mass is 444 g/mol. The number of carbonyl (C=O) groups is 2. The molecule has 5 heteroatoms. The first kappa shape index (κ1) is 26.1. The predicted molar refractivity (Wildman–Crippen MR) is 128 cm³/mol. The lowest BCUT2D eigenvalue weighted by molar-refractivity contribution is -0.117. The van der Waals surface area contributed by atoms with E-state index in [1.165, 1.54) is 0 Å². The zero-order valence-electron chi connectivity index (χ0n) is 20.0. The number of allylic oxidation sites excluding steroid dienone is 2. The number of hydrogen-bond acceptors (Lipinski definition) is 5. The molecule has 0 spiro atoms. The molecular weight excluding hydrogens is 404 g/mol. The van der Waals surface area contributed by atoms with E-state index in [9.17, 15) is 14.7 Å². The quantitative estimate of drug-likeness (QED) is 0.333. The van der Waals surface area contributed by atoms with Crippen LogP contribution in [-0.4, -0.2) is 36.5 Å². The molecule has 1 atom stereocenters. The molecule has 0 radical (unpaired) electrons. The zero-order valence-corrected chi connectivity index (χ0v) is 20.0. The highest BCUT2D eigenvalue weighted by atomic mass is 16.5. The fourth-order valence-electron chi connectivity index (χ4n) is 4.25. The van der Waals surface area contributed by atoms with Crippen LogP contribution < -0.4 is 4.74 Å². The fourth-order valence-corrected chi connectivity index (χ4v) is 4.25. The molecule has 0 heterocycles. The summed E-state index contributed by atoms with van der Waals surface area (Å²) >= 11 is 0. The molecule has 178 valence electrons. The zero-order chi connectivity index (χ0) is 23.3. The fraction of sp³-hybridized carbons (Fsp3) is 0.630. The smallest absolute Gasteiger partial charge is 0.161 e. The van der Waals surface area contributed by atoms with Gasteiger partial charge in [-0.15, -0.1) is 0 Å². The van der Waals surface area contributed by atoms with Gasteiger partial charge in [0.25, 0.3) is 0 Å². The normalized spacial score (nSPS) is 15.3. The summed E-state index contributed by atoms with van der Waals surface area (Å²) in [5.74, 6) is 0.904. The highest BCUT2D eigenvalue weighted by Gasteiger charge is 2.23. The second-order valence-electron chi connectivity index (χ2n) is 8.93. The third-order valence-corrected chi connectivity index (χ3v) is 6.13. The molecule has 1 aromatic carbocycles. The van der Waals surface area contributed by atoms with Crippen molar-refractivity contribution in [3.05, 3.63) is 35.4 Å². The lowest BCUT2D eigenvalue weighted by atomic mass is 9.88. The molecule has 1 N–H and O–H groups in total. The van der Waals surface area contributed by atoms with Crippen LogP contribution in [0.4, 0.5) is 0 Å². The number of phenolic OH excluding ortho intramolecular Hbond substituents is 1. The van der Waals surface area contributed by atoms with Crippen molar-refractivity contribution in [3.8, 4) is 11.5 Å². The van der Waals surface area contributed by atoms with Gasteiger partial charge in [-0.25, -0.2) is 0 Å². The summed E-state index contributed by atoms with van der Waals surface area (Å²) in [7, 11) is 1.66. The first-order valence-electron chi connectivity index (χ1n) is 12.1. The van der Waals surface area contributed by atoms with E-state index in [2.05, 4.69) is 6.92 Å². The molecule has 1 saturated carbocycles. The third-order valence-electron chi connectivity index (χ3n) is 6.13. The van der Waals surface area contributed by atoms with Gasteiger partial charge in [-0.05, 0) is 81.9 Å². The minimum absolute atomic E-state index is 0.00937. The molecule has 1 aliphatic rings. The Kier molecular flexibility index (Phi) is 11.5. The molecule has 5 nitrogen and oxygen atoms in total. The summed E-state index contributed by atoms with van der Waals surface area (Å²) < 4.78 is 11.5. The van der Waals surface area contributed by atoms with Gasteiger partial charge in [0.1, 0.15) is 5.78 Å². The van der Waals surface area contributed by atoms with Crippen molar-refractivity contribution in [2.75, 3.05) is 13.7 Å². The molecule has 32 heavy (non-hydrogen) atoms. The number of Topliss-reactive ketones (excluding diaryl/α,β-unsaturated/α-hetero) is 1. The van der Waals surface area contributed by atoms with Gasteiger partial charge in [0.15, 0.2) is 17.3 Å². The Morgan fingerprint density at radius 1 is 1.19 bits per heavy atom. The van der Waals surface area contributed by atoms with Gasteiger partial charge in [-0.2, -0.15) is 0 Å². The molecular formula is C27H40O5. The first-order chi connectivity index (χ1) is 15.4. The number of rotatable bonds is 15. The largest absolute Gasteiger partial charge is 0.504 e. The molecule has 2 rings (SSSR count). The summed E-state index contributed by atoms with van der Waals surface area (Å²) in [6, 6.07) is 3.87. The van der Waals surface area contributed by atoms with Gasteiger partial charge in [-0.1, -0.05) is 25.5 Å². The van der Waals surface area contributed by atoms with Gasteiger partial charge in [-0.3, -0.25) is 4.79 Å². The van der Waals surface area contributed by atoms with E-state index in [-0.39, 0.29) is 29.3 Å². The SMILES string of the molecule is CCCC=CC(=O)CCc1cc(OC2CCCC2)c(O)c(C(CCOC)CCC(C)=O)c1. The van der Waals surface area contributed by atoms with Crippen molar-refractivity contribution in [1.29, 1.82) is 0 Å². The van der Waals surface area contributed by atoms with Crippen LogP contribution in [0.2, 0.25) is 0 Å². The van der Waals surface area contributed by atoms with E-state index < -0.39 is 0 Å². The molecule has 1 aliphatic carbocycles. The number of aromatic hydroxyl groups is 1. The summed E-state index contributed by atoms with van der Waals surface area (Å²) in [6.45, 7) is 4.23. The topological polar surface area (TPSA) is 72.8 Å². The average molecular weight is 445 g/mol. The highest BCUT2D eigenvalue weighted by Crippen LogP contribution is 2.41. The van der Waals surface area contributed by atoms with Crippen LogP contribution >= 0.6 is 0 Å². The maximum absolute atomic E-state index is 12.2. The number of ether oxygens (including phenoxy) is 2. The second-order valence-corrected chi connectivity index (χ2v) is 8.93. The van der Waals surface area contributed by atoms with Crippen molar-refractivity contribution in [1.82, 2.24) is 0 Å². The van der Waals surface area contributed by atoms with Gasteiger partial charge < -0.3 is 19.4 Å². The first-order valence-corrected chi connectivity index (χ1v) is 12.1. The lowest BCUT2D eigenvalue weighted by Gasteiger charge is -2.22. The number of benzene rings is 1. The van der Waals surface area contributed by atoms with Crippen LogP contribution in [0.1, 0.15) is 95.1 Å². The van der Waals surface area contributed by atoms with E-state index in [4.69, 9.17) is 9.47 Å². The summed E-state index contributed by atoms with van der Waals surface area (Å²) in [5, 5.41) is 11.1. The van der Waals surface area contributed by atoms with Crippen LogP contribution in [0.3, 0.4) is 0 Å². The van der Waals surface area contributed by atoms with Crippen LogP contribution in [-0.2, 0) is 20.7 Å². The number of hydrogen-bond donors (Lipinski definition) is 1. The maximum Gasteiger partial charge on any atom is 0.161 e. The van der Waals surface area contributed by atoms with Gasteiger partial charge in [0.05, 0.1) is 6.10 Å². The molecule has 0 saturated heterocycles. The van der Waals surface area contributed by atoms with Crippen LogP contribution in [0.5, 0.6) is 11.5 Å². The Morgan fingerprint density at radius 3 is 2.59 bits per heavy atom. The molecule has 0 aliphatic heterocycles. The number of aryl methyl sites for hydroxylation is 1. The average Bonchev–Trinajstić information content (AvgIpc) is 3.27. The predicted octanol–water partition coefficient (Wildman–Crippen LogP) is 6.06. The van der Waals surface area contributed by atoms with Crippen LogP contribution in [0.25, 0.3) is 0 Å². The Balaban J connectivity index is 2.28. The Hall–Kier alpha value is -2.14. The number of ketones is 2. The van der Waals surface area contributed by atoms with Crippen LogP contribution in [0.15, 0.2) is 24.3 Å². The van der Waals surface area contributed by atoms with Crippen molar-refractivity contribution in [2.45, 2.75) is 96.5 Å². The number of methoxy groups -OCH3 is 1. The Labute approximate surface area is 193 Å². The van der Waals surface area contributed by atoms with E-state index in [1.807, 2.05) is 18.2 Å². The number of phenols is 1. The van der Waals surface area contributed by atoms with E-state index >= 15 is 0 Å². The molecule has 0 aromatic heterocycles. The summed E-state index contributed by atoms with van der Waals surface area (Å²) in [4.78, 5) is 23.9. The van der Waals surface area contributed by atoms with Gasteiger partial charge in [0, 0.05) is 32.1 Å². The molecule has 1 aromatic rings. The molecule has 1 fully saturated rings. The van der Waals surface area contributed by atoms with Gasteiger partial charge in [0.2, 0.25) is 0 Å². The summed E-state index contributed by atoms with van der Waals surface area (Å²) in [5.41, 5.74) is 1.77. The Morgan fingerprint density at radius 2 is 1.94 bits per heavy atom. The molecule has 0 bridgehead atoms. The van der Waals surface area contributed by atoms with Gasteiger partial charge >= 0.3 is 0 Å². The minimum atomic E-state index is -0.00937. The van der Waals surface area contributed by atoms with Crippen molar-refractivity contribution < 1.29 is 24.2 Å². The van der Waals surface area contributed by atoms with Crippen molar-refractivity contribution in [3.63, 3.8) is 0 Å². The standard InChI is InChI=1S/C27H40O5/c1-4-5-6-9-23(29)15-13-21-18-25(22(16-17-31-3)14-12-20(2)28)27(30)26(19-21)32-24-10-7-8-11-24/h6,9,18-19,22,24,30H,4-5,7-8,10-17H2,1-3H3.